The molecule has 1 aromatic carbocycles. The van der Waals surface area contributed by atoms with Crippen LogP contribution in [0.1, 0.15) is 31.2 Å². The summed E-state index contributed by atoms with van der Waals surface area (Å²) in [6.45, 7) is 2.86. The lowest BCUT2D eigenvalue weighted by Gasteiger charge is -2.33. The number of carbonyl (C=O) groups excluding carboxylic acids is 2. The number of ether oxygens (including phenoxy) is 1. The van der Waals surface area contributed by atoms with Crippen LogP contribution in [-0.4, -0.2) is 54.4 Å². The molecule has 1 aromatic rings. The van der Waals surface area contributed by atoms with Gasteiger partial charge in [-0.1, -0.05) is 12.1 Å². The van der Waals surface area contributed by atoms with Gasteiger partial charge >= 0.3 is 0 Å². The Hall–Kier alpha value is -2.55. The van der Waals surface area contributed by atoms with E-state index in [4.69, 9.17) is 10.00 Å². The van der Waals surface area contributed by atoms with Crippen molar-refractivity contribution >= 4 is 11.8 Å². The molecule has 25 heavy (non-hydrogen) atoms. The van der Waals surface area contributed by atoms with Crippen LogP contribution in [0, 0.1) is 17.2 Å². The Morgan fingerprint density at radius 2 is 1.76 bits per heavy atom. The van der Waals surface area contributed by atoms with E-state index < -0.39 is 0 Å². The summed E-state index contributed by atoms with van der Waals surface area (Å²) >= 11 is 0. The van der Waals surface area contributed by atoms with E-state index in [1.165, 1.54) is 0 Å². The summed E-state index contributed by atoms with van der Waals surface area (Å²) in [5.41, 5.74) is 0.421. The van der Waals surface area contributed by atoms with Gasteiger partial charge in [0.15, 0.2) is 6.61 Å². The van der Waals surface area contributed by atoms with E-state index >= 15 is 0 Å². The summed E-state index contributed by atoms with van der Waals surface area (Å²) in [6, 6.07) is 8.93. The number of hydrogen-bond donors (Lipinski definition) is 0. The third kappa shape index (κ3) is 4.11. The van der Waals surface area contributed by atoms with Crippen molar-refractivity contribution in [1.82, 2.24) is 9.80 Å². The minimum atomic E-state index is -0.0974. The number of rotatable bonds is 4. The lowest BCUT2D eigenvalue weighted by atomic mass is 9.95. The summed E-state index contributed by atoms with van der Waals surface area (Å²) in [4.78, 5) is 28.5. The van der Waals surface area contributed by atoms with Crippen LogP contribution in [0.5, 0.6) is 5.75 Å². The van der Waals surface area contributed by atoms with E-state index in [0.29, 0.717) is 24.4 Å². The number of hydrogen-bond acceptors (Lipinski definition) is 4. The monoisotopic (exact) mass is 341 g/mol. The normalized spacial score (nSPS) is 18.0. The predicted molar refractivity (Wildman–Crippen MR) is 91.8 cm³/mol. The molecule has 0 radical (unpaired) electrons. The van der Waals surface area contributed by atoms with Crippen LogP contribution in [-0.2, 0) is 9.59 Å². The molecule has 0 N–H and O–H groups in total. The van der Waals surface area contributed by atoms with Gasteiger partial charge in [0.25, 0.3) is 5.91 Å². The third-order valence-electron chi connectivity index (χ3n) is 4.97. The van der Waals surface area contributed by atoms with Gasteiger partial charge in [0.05, 0.1) is 5.56 Å². The zero-order valence-corrected chi connectivity index (χ0v) is 14.3. The molecule has 0 spiro atoms. The van der Waals surface area contributed by atoms with Gasteiger partial charge in [0, 0.05) is 32.1 Å². The van der Waals surface area contributed by atoms with Gasteiger partial charge in [-0.2, -0.15) is 5.26 Å². The highest BCUT2D eigenvalue weighted by Crippen LogP contribution is 2.22. The summed E-state index contributed by atoms with van der Waals surface area (Å²) in [5.74, 6) is 0.628. The summed E-state index contributed by atoms with van der Waals surface area (Å²) in [6.07, 6.45) is 3.64. The van der Waals surface area contributed by atoms with Crippen molar-refractivity contribution in [2.24, 2.45) is 5.92 Å². The second-order valence-corrected chi connectivity index (χ2v) is 6.58. The number of likely N-dealkylation sites (tertiary alicyclic amines) is 2. The fraction of sp³-hybridized carbons (Fsp3) is 0.526. The van der Waals surface area contributed by atoms with Crippen LogP contribution in [0.2, 0.25) is 0 Å². The van der Waals surface area contributed by atoms with Crippen molar-refractivity contribution in [2.45, 2.75) is 25.7 Å². The number of amides is 2. The Balaban J connectivity index is 1.47. The zero-order valence-electron chi connectivity index (χ0n) is 14.3. The number of para-hydroxylation sites is 1. The highest BCUT2D eigenvalue weighted by atomic mass is 16.5. The molecule has 2 saturated heterocycles. The Labute approximate surface area is 148 Å². The quantitative estimate of drug-likeness (QED) is 0.837. The van der Waals surface area contributed by atoms with Crippen LogP contribution in [0.15, 0.2) is 24.3 Å². The maximum atomic E-state index is 12.4. The molecule has 132 valence electrons. The molecule has 0 unspecified atom stereocenters. The van der Waals surface area contributed by atoms with E-state index in [2.05, 4.69) is 6.07 Å². The first-order valence-corrected chi connectivity index (χ1v) is 8.87. The van der Waals surface area contributed by atoms with E-state index in [-0.39, 0.29) is 24.3 Å². The highest BCUT2D eigenvalue weighted by Gasteiger charge is 2.31. The Morgan fingerprint density at radius 1 is 1.08 bits per heavy atom. The largest absolute Gasteiger partial charge is 0.482 e. The van der Waals surface area contributed by atoms with Gasteiger partial charge < -0.3 is 14.5 Å². The third-order valence-corrected chi connectivity index (χ3v) is 4.97. The molecule has 0 aromatic heterocycles. The summed E-state index contributed by atoms with van der Waals surface area (Å²) in [5, 5.41) is 9.04. The van der Waals surface area contributed by atoms with E-state index in [1.807, 2.05) is 4.90 Å². The topological polar surface area (TPSA) is 73.6 Å². The van der Waals surface area contributed by atoms with E-state index in [1.54, 1.807) is 29.2 Å². The second kappa shape index (κ2) is 8.02. The van der Waals surface area contributed by atoms with Gasteiger partial charge in [0.2, 0.25) is 5.91 Å². The number of nitriles is 1. The molecule has 6 nitrogen and oxygen atoms in total. The number of benzene rings is 1. The maximum absolute atomic E-state index is 12.4. The molecule has 0 saturated carbocycles. The minimum absolute atomic E-state index is 0.0439. The number of nitrogens with zero attached hydrogens (tertiary/aromatic N) is 3. The molecule has 2 fully saturated rings. The molecule has 0 bridgehead atoms. The van der Waals surface area contributed by atoms with Gasteiger partial charge in [-0.25, -0.2) is 0 Å². The first-order chi connectivity index (χ1) is 12.2. The fourth-order valence-electron chi connectivity index (χ4n) is 3.49. The Morgan fingerprint density at radius 3 is 2.44 bits per heavy atom. The van der Waals surface area contributed by atoms with Gasteiger partial charge in [-0.05, 0) is 37.8 Å². The van der Waals surface area contributed by atoms with Crippen molar-refractivity contribution < 1.29 is 14.3 Å². The smallest absolute Gasteiger partial charge is 0.260 e. The molecule has 2 aliphatic heterocycles. The molecule has 0 atom stereocenters. The molecule has 2 heterocycles. The van der Waals surface area contributed by atoms with Crippen LogP contribution in [0.3, 0.4) is 0 Å². The van der Waals surface area contributed by atoms with Gasteiger partial charge in [-0.3, -0.25) is 9.59 Å². The minimum Gasteiger partial charge on any atom is -0.482 e. The Bertz CT molecular complexity index is 669. The van der Waals surface area contributed by atoms with Crippen molar-refractivity contribution in [3.05, 3.63) is 29.8 Å². The zero-order chi connectivity index (χ0) is 17.6. The van der Waals surface area contributed by atoms with Crippen molar-refractivity contribution in [1.29, 1.82) is 5.26 Å². The Kier molecular flexibility index (Phi) is 5.54. The van der Waals surface area contributed by atoms with Gasteiger partial charge in [0.1, 0.15) is 11.8 Å². The molecule has 2 aliphatic rings. The summed E-state index contributed by atoms with van der Waals surface area (Å²) in [7, 11) is 0. The van der Waals surface area contributed by atoms with Crippen LogP contribution in [0.4, 0.5) is 0 Å². The predicted octanol–water partition coefficient (Wildman–Crippen LogP) is 1.80. The van der Waals surface area contributed by atoms with Crippen LogP contribution >= 0.6 is 0 Å². The lowest BCUT2D eigenvalue weighted by molar-refractivity contribution is -0.140. The van der Waals surface area contributed by atoms with E-state index in [0.717, 1.165) is 38.8 Å². The maximum Gasteiger partial charge on any atom is 0.260 e. The van der Waals surface area contributed by atoms with Crippen molar-refractivity contribution in [2.75, 3.05) is 32.8 Å². The molecule has 6 heteroatoms. The van der Waals surface area contributed by atoms with Gasteiger partial charge in [-0.15, -0.1) is 0 Å². The van der Waals surface area contributed by atoms with Crippen molar-refractivity contribution in [3.63, 3.8) is 0 Å². The number of piperidine rings is 1. The lowest BCUT2D eigenvalue weighted by Crippen LogP contribution is -2.45. The van der Waals surface area contributed by atoms with Crippen LogP contribution < -0.4 is 4.74 Å². The highest BCUT2D eigenvalue weighted by molar-refractivity contribution is 5.81. The first kappa shape index (κ1) is 17.3. The SMILES string of the molecule is N#Cc1ccccc1OCC(=O)N1CCC(C(=O)N2CCCC2)CC1. The van der Waals surface area contributed by atoms with Crippen LogP contribution in [0.25, 0.3) is 0 Å². The molecule has 0 aliphatic carbocycles. The molecular formula is C19H23N3O3. The average molecular weight is 341 g/mol. The standard InChI is InChI=1S/C19H23N3O3/c20-13-16-5-1-2-6-17(16)25-14-18(23)21-11-7-15(8-12-21)19(24)22-9-3-4-10-22/h1-2,5-6,15H,3-4,7-12,14H2. The molecular weight excluding hydrogens is 318 g/mol. The molecule has 2 amide bonds. The second-order valence-electron chi connectivity index (χ2n) is 6.58. The average Bonchev–Trinajstić information content (AvgIpc) is 3.20. The van der Waals surface area contributed by atoms with Crippen molar-refractivity contribution in [3.8, 4) is 11.8 Å². The first-order valence-electron chi connectivity index (χ1n) is 8.87. The number of carbonyl (C=O) groups is 2. The van der Waals surface area contributed by atoms with E-state index in [9.17, 15) is 9.59 Å². The summed E-state index contributed by atoms with van der Waals surface area (Å²) < 4.78 is 5.51. The molecule has 3 rings (SSSR count). The fourth-order valence-corrected chi connectivity index (χ4v) is 3.49.